The fourth-order valence-electron chi connectivity index (χ4n) is 4.13. The first-order valence-electron chi connectivity index (χ1n) is 9.55. The highest BCUT2D eigenvalue weighted by molar-refractivity contribution is 7.18. The van der Waals surface area contributed by atoms with Crippen LogP contribution in [0.4, 0.5) is 5.69 Å². The van der Waals surface area contributed by atoms with Gasteiger partial charge in [0.15, 0.2) is 5.78 Å². The molecule has 1 aromatic carbocycles. The predicted octanol–water partition coefficient (Wildman–Crippen LogP) is 2.96. The Kier molecular flexibility index (Phi) is 4.12. The van der Waals surface area contributed by atoms with E-state index >= 15 is 0 Å². The third-order valence-electron chi connectivity index (χ3n) is 5.58. The molecule has 7 heteroatoms. The molecule has 5 rings (SSSR count). The Morgan fingerprint density at radius 2 is 1.89 bits per heavy atom. The third kappa shape index (κ3) is 2.77. The van der Waals surface area contributed by atoms with Crippen LogP contribution in [0, 0.1) is 0 Å². The molecule has 1 fully saturated rings. The van der Waals surface area contributed by atoms with Crippen LogP contribution in [-0.2, 0) is 24.2 Å². The van der Waals surface area contributed by atoms with E-state index < -0.39 is 0 Å². The second kappa shape index (κ2) is 6.67. The normalized spacial score (nSPS) is 16.1. The standard InChI is InChI=1S/C21H19N3O3S/c25-16(13-6-8-14(9-7-13)24-10-2-5-18(24)26)11-23-12-22-20-19(21(23)27)15-3-1-4-17(15)28-20/h6-9,12H,1-5,10-11H2. The second-order valence-corrected chi connectivity index (χ2v) is 8.42. The van der Waals surface area contributed by atoms with Crippen LogP contribution in [-0.4, -0.2) is 27.8 Å². The van der Waals surface area contributed by atoms with Gasteiger partial charge in [0.25, 0.3) is 5.56 Å². The van der Waals surface area contributed by atoms with Gasteiger partial charge in [-0.25, -0.2) is 4.98 Å². The average Bonchev–Trinajstić information content (AvgIpc) is 3.40. The highest BCUT2D eigenvalue weighted by Gasteiger charge is 2.23. The molecule has 1 amide bonds. The van der Waals surface area contributed by atoms with Gasteiger partial charge >= 0.3 is 0 Å². The average molecular weight is 393 g/mol. The van der Waals surface area contributed by atoms with E-state index in [1.165, 1.54) is 15.8 Å². The molecule has 3 aromatic rings. The summed E-state index contributed by atoms with van der Waals surface area (Å²) >= 11 is 1.60. The Labute approximate surface area is 165 Å². The smallest absolute Gasteiger partial charge is 0.262 e. The lowest BCUT2D eigenvalue weighted by Gasteiger charge is -2.15. The lowest BCUT2D eigenvalue weighted by Crippen LogP contribution is -2.25. The summed E-state index contributed by atoms with van der Waals surface area (Å²) < 4.78 is 1.41. The van der Waals surface area contributed by atoms with E-state index in [2.05, 4.69) is 4.98 Å². The van der Waals surface area contributed by atoms with Gasteiger partial charge in [-0.2, -0.15) is 0 Å². The van der Waals surface area contributed by atoms with Crippen molar-refractivity contribution >= 4 is 38.9 Å². The molecule has 28 heavy (non-hydrogen) atoms. The first-order valence-corrected chi connectivity index (χ1v) is 10.4. The Morgan fingerprint density at radius 1 is 1.07 bits per heavy atom. The fraction of sp³-hybridized carbons (Fsp3) is 0.333. The van der Waals surface area contributed by atoms with Gasteiger partial charge in [-0.05, 0) is 55.5 Å². The molecule has 2 aliphatic rings. The lowest BCUT2D eigenvalue weighted by atomic mass is 10.1. The number of thiophene rings is 1. The zero-order valence-corrected chi connectivity index (χ0v) is 16.1. The molecule has 6 nitrogen and oxygen atoms in total. The number of Topliss-reactive ketones (excluding diaryl/α,β-unsaturated/α-hetero) is 1. The first-order chi connectivity index (χ1) is 13.6. The van der Waals surface area contributed by atoms with Crippen molar-refractivity contribution in [3.63, 3.8) is 0 Å². The number of carbonyl (C=O) groups excluding carboxylic acids is 2. The van der Waals surface area contributed by atoms with E-state index in [9.17, 15) is 14.4 Å². The van der Waals surface area contributed by atoms with Gasteiger partial charge in [-0.1, -0.05) is 0 Å². The number of amides is 1. The quantitative estimate of drug-likeness (QED) is 0.639. The molecule has 142 valence electrons. The Balaban J connectivity index is 1.40. The van der Waals surface area contributed by atoms with Crippen LogP contribution < -0.4 is 10.5 Å². The molecule has 0 unspecified atom stereocenters. The van der Waals surface area contributed by atoms with Crippen LogP contribution in [0.1, 0.15) is 40.1 Å². The maximum Gasteiger partial charge on any atom is 0.262 e. The molecular weight excluding hydrogens is 374 g/mol. The second-order valence-electron chi connectivity index (χ2n) is 7.33. The topological polar surface area (TPSA) is 72.3 Å². The van der Waals surface area contributed by atoms with Crippen molar-refractivity contribution in [1.82, 2.24) is 9.55 Å². The van der Waals surface area contributed by atoms with Gasteiger partial charge in [0.05, 0.1) is 18.3 Å². The number of ketones is 1. The molecule has 2 aromatic heterocycles. The zero-order chi connectivity index (χ0) is 19.3. The van der Waals surface area contributed by atoms with Crippen molar-refractivity contribution in [2.45, 2.75) is 38.6 Å². The van der Waals surface area contributed by atoms with E-state index in [0.717, 1.165) is 48.3 Å². The monoisotopic (exact) mass is 393 g/mol. The van der Waals surface area contributed by atoms with Gasteiger partial charge in [0.1, 0.15) is 4.83 Å². The van der Waals surface area contributed by atoms with Crippen molar-refractivity contribution in [1.29, 1.82) is 0 Å². The molecule has 0 bridgehead atoms. The van der Waals surface area contributed by atoms with Gasteiger partial charge in [0.2, 0.25) is 5.91 Å². The summed E-state index contributed by atoms with van der Waals surface area (Å²) in [6.45, 7) is 0.687. The number of carbonyl (C=O) groups is 2. The molecular formula is C21H19N3O3S. The number of hydrogen-bond donors (Lipinski definition) is 0. The molecule has 1 aliphatic heterocycles. The summed E-state index contributed by atoms with van der Waals surface area (Å²) in [5, 5.41) is 0.690. The summed E-state index contributed by atoms with van der Waals surface area (Å²) in [6.07, 6.45) is 5.93. The van der Waals surface area contributed by atoms with E-state index in [-0.39, 0.29) is 23.8 Å². The Hall–Kier alpha value is -2.80. The van der Waals surface area contributed by atoms with Crippen LogP contribution in [0.3, 0.4) is 0 Å². The summed E-state index contributed by atoms with van der Waals surface area (Å²) in [5.74, 6) is -0.0253. The SMILES string of the molecule is O=C(Cn1cnc2sc3c(c2c1=O)CCC3)c1ccc(N2CCCC2=O)cc1. The minimum Gasteiger partial charge on any atom is -0.312 e. The van der Waals surface area contributed by atoms with E-state index in [4.69, 9.17) is 0 Å². The molecule has 0 saturated carbocycles. The number of anilines is 1. The molecule has 3 heterocycles. The minimum absolute atomic E-state index is 0.0333. The van der Waals surface area contributed by atoms with Crippen molar-refractivity contribution in [3.05, 3.63) is 57.0 Å². The molecule has 1 saturated heterocycles. The van der Waals surface area contributed by atoms with Crippen LogP contribution in [0.25, 0.3) is 10.2 Å². The lowest BCUT2D eigenvalue weighted by molar-refractivity contribution is -0.117. The van der Waals surface area contributed by atoms with Crippen LogP contribution in [0.15, 0.2) is 35.4 Å². The van der Waals surface area contributed by atoms with Gasteiger partial charge in [-0.15, -0.1) is 11.3 Å². The van der Waals surface area contributed by atoms with Crippen molar-refractivity contribution in [2.75, 3.05) is 11.4 Å². The number of aromatic nitrogens is 2. The summed E-state index contributed by atoms with van der Waals surface area (Å²) in [7, 11) is 0. The number of aryl methyl sites for hydroxylation is 2. The minimum atomic E-state index is -0.144. The van der Waals surface area contributed by atoms with Crippen molar-refractivity contribution in [3.8, 4) is 0 Å². The van der Waals surface area contributed by atoms with Gasteiger partial charge in [0, 0.05) is 29.1 Å². The molecule has 0 radical (unpaired) electrons. The molecule has 0 spiro atoms. The van der Waals surface area contributed by atoms with Crippen molar-refractivity contribution in [2.24, 2.45) is 0 Å². The Morgan fingerprint density at radius 3 is 2.64 bits per heavy atom. The molecule has 1 aliphatic carbocycles. The van der Waals surface area contributed by atoms with Crippen molar-refractivity contribution < 1.29 is 9.59 Å². The summed E-state index contributed by atoms with van der Waals surface area (Å²) in [6, 6.07) is 7.05. The van der Waals surface area contributed by atoms with Gasteiger partial charge in [-0.3, -0.25) is 19.0 Å². The highest BCUT2D eigenvalue weighted by Crippen LogP contribution is 2.34. The maximum atomic E-state index is 12.9. The zero-order valence-electron chi connectivity index (χ0n) is 15.3. The van der Waals surface area contributed by atoms with E-state index in [0.29, 0.717) is 17.4 Å². The maximum absolute atomic E-state index is 12.9. The summed E-state index contributed by atoms with van der Waals surface area (Å²) in [5.41, 5.74) is 2.34. The Bertz CT molecular complexity index is 1160. The number of rotatable bonds is 4. The van der Waals surface area contributed by atoms with Crippen LogP contribution in [0.2, 0.25) is 0 Å². The fourth-order valence-corrected chi connectivity index (χ4v) is 5.35. The first kappa shape index (κ1) is 17.3. The summed E-state index contributed by atoms with van der Waals surface area (Å²) in [4.78, 5) is 45.7. The molecule has 0 atom stereocenters. The highest BCUT2D eigenvalue weighted by atomic mass is 32.1. The number of benzene rings is 1. The van der Waals surface area contributed by atoms with Gasteiger partial charge < -0.3 is 4.90 Å². The molecule has 0 N–H and O–H groups in total. The number of nitrogens with zero attached hydrogens (tertiary/aromatic N) is 3. The number of fused-ring (bicyclic) bond motifs is 3. The van der Waals surface area contributed by atoms with Crippen LogP contribution >= 0.6 is 11.3 Å². The van der Waals surface area contributed by atoms with E-state index in [1.54, 1.807) is 40.5 Å². The third-order valence-corrected chi connectivity index (χ3v) is 6.78. The number of hydrogen-bond acceptors (Lipinski definition) is 5. The van der Waals surface area contributed by atoms with Crippen LogP contribution in [0.5, 0.6) is 0 Å². The predicted molar refractivity (Wildman–Crippen MR) is 108 cm³/mol. The van der Waals surface area contributed by atoms with E-state index in [1.807, 2.05) is 0 Å². The largest absolute Gasteiger partial charge is 0.312 e.